The predicted molar refractivity (Wildman–Crippen MR) is 117 cm³/mol. The fraction of sp³-hybridized carbons (Fsp3) is 0.286. The highest BCUT2D eigenvalue weighted by atomic mass is 32.2. The second-order valence-corrected chi connectivity index (χ2v) is 8.64. The van der Waals surface area contributed by atoms with Crippen molar-refractivity contribution in [3.8, 4) is 17.1 Å². The number of hydrogen-bond acceptors (Lipinski definition) is 6. The standard InChI is InChI=1S/C21H21NO5S2/c1-12(2)10-16(20(24)25)22-19(23)18(29-21(22)28)11-15-8-9-17(27-15)13-4-6-14(26-3)7-5-13/h4-9,11-12,16H,10H2,1-3H3,(H,24,25)/b18-11+/t16-/m0/s1. The first kappa shape index (κ1) is 21.1. The molecule has 2 aromatic rings. The van der Waals surface area contributed by atoms with Crippen molar-refractivity contribution in [1.29, 1.82) is 0 Å². The van der Waals surface area contributed by atoms with E-state index in [4.69, 9.17) is 21.4 Å². The Hall–Kier alpha value is -2.58. The molecule has 8 heteroatoms. The van der Waals surface area contributed by atoms with Gasteiger partial charge in [0.15, 0.2) is 0 Å². The molecule has 0 unspecified atom stereocenters. The number of nitrogens with zero attached hydrogens (tertiary/aromatic N) is 1. The minimum Gasteiger partial charge on any atom is -0.497 e. The molecule has 6 nitrogen and oxygen atoms in total. The molecule has 3 rings (SSSR count). The van der Waals surface area contributed by atoms with E-state index >= 15 is 0 Å². The number of rotatable bonds is 7. The molecule has 0 aliphatic carbocycles. The number of carbonyl (C=O) groups is 2. The Kier molecular flexibility index (Phi) is 6.44. The average Bonchev–Trinajstić information content (AvgIpc) is 3.25. The Labute approximate surface area is 178 Å². The van der Waals surface area contributed by atoms with E-state index < -0.39 is 17.9 Å². The van der Waals surface area contributed by atoms with E-state index in [9.17, 15) is 14.7 Å². The largest absolute Gasteiger partial charge is 0.497 e. The molecule has 0 radical (unpaired) electrons. The van der Waals surface area contributed by atoms with E-state index in [0.29, 0.717) is 22.8 Å². The van der Waals surface area contributed by atoms with Crippen LogP contribution in [0.25, 0.3) is 17.4 Å². The Balaban J connectivity index is 1.82. The number of aliphatic carboxylic acids is 1. The van der Waals surface area contributed by atoms with Crippen molar-refractivity contribution in [2.24, 2.45) is 5.92 Å². The number of carboxylic acids is 1. The SMILES string of the molecule is COc1ccc(-c2ccc(/C=C3/SC(=S)N([C@@H](CC(C)C)C(=O)O)C3=O)o2)cc1. The second kappa shape index (κ2) is 8.84. The van der Waals surface area contributed by atoms with Crippen LogP contribution in [0.15, 0.2) is 45.7 Å². The molecule has 29 heavy (non-hydrogen) atoms. The molecule has 1 fully saturated rings. The maximum Gasteiger partial charge on any atom is 0.326 e. The zero-order valence-corrected chi connectivity index (χ0v) is 17.9. The van der Waals surface area contributed by atoms with Gasteiger partial charge in [0.2, 0.25) is 0 Å². The van der Waals surface area contributed by atoms with Crippen molar-refractivity contribution in [1.82, 2.24) is 4.90 Å². The molecular formula is C21H21NO5S2. The van der Waals surface area contributed by atoms with E-state index in [1.165, 1.54) is 4.90 Å². The van der Waals surface area contributed by atoms with Gasteiger partial charge in [0.25, 0.3) is 5.91 Å². The summed E-state index contributed by atoms with van der Waals surface area (Å²) in [6, 6.07) is 10.0. The highest BCUT2D eigenvalue weighted by Gasteiger charge is 2.40. The first-order chi connectivity index (χ1) is 13.8. The zero-order valence-electron chi connectivity index (χ0n) is 16.2. The number of ether oxygens (including phenoxy) is 1. The Morgan fingerprint density at radius 3 is 2.55 bits per heavy atom. The van der Waals surface area contributed by atoms with Gasteiger partial charge in [0.05, 0.1) is 12.0 Å². The van der Waals surface area contributed by atoms with Crippen LogP contribution in [0.2, 0.25) is 0 Å². The Bertz CT molecular complexity index is 962. The number of furan rings is 1. The van der Waals surface area contributed by atoms with Gasteiger partial charge in [-0.25, -0.2) is 4.79 Å². The summed E-state index contributed by atoms with van der Waals surface area (Å²) in [6.07, 6.45) is 1.93. The van der Waals surface area contributed by atoms with Crippen molar-refractivity contribution in [2.45, 2.75) is 26.3 Å². The lowest BCUT2D eigenvalue weighted by atomic mass is 10.0. The molecule has 152 valence electrons. The van der Waals surface area contributed by atoms with Crippen LogP contribution in [-0.2, 0) is 9.59 Å². The molecule has 2 heterocycles. The summed E-state index contributed by atoms with van der Waals surface area (Å²) in [6.45, 7) is 3.82. The van der Waals surface area contributed by atoms with E-state index in [2.05, 4.69) is 0 Å². The van der Waals surface area contributed by atoms with Crippen LogP contribution in [0.1, 0.15) is 26.0 Å². The number of carbonyl (C=O) groups excluding carboxylic acids is 1. The molecule has 1 amide bonds. The first-order valence-corrected chi connectivity index (χ1v) is 10.3. The van der Waals surface area contributed by atoms with E-state index in [0.717, 1.165) is 23.1 Å². The lowest BCUT2D eigenvalue weighted by Crippen LogP contribution is -2.44. The third-order valence-electron chi connectivity index (χ3n) is 4.39. The first-order valence-electron chi connectivity index (χ1n) is 9.04. The molecule has 1 saturated heterocycles. The number of benzene rings is 1. The summed E-state index contributed by atoms with van der Waals surface area (Å²) in [7, 11) is 1.60. The van der Waals surface area contributed by atoms with Crippen LogP contribution >= 0.6 is 24.0 Å². The fourth-order valence-corrected chi connectivity index (χ4v) is 4.32. The molecule has 1 N–H and O–H groups in total. The van der Waals surface area contributed by atoms with Crippen LogP contribution in [0.5, 0.6) is 5.75 Å². The minimum atomic E-state index is -1.06. The summed E-state index contributed by atoms with van der Waals surface area (Å²) in [5, 5.41) is 9.55. The van der Waals surface area contributed by atoms with Gasteiger partial charge in [-0.2, -0.15) is 0 Å². The van der Waals surface area contributed by atoms with Gasteiger partial charge < -0.3 is 14.3 Å². The predicted octanol–water partition coefficient (Wildman–Crippen LogP) is 4.66. The Morgan fingerprint density at radius 2 is 1.97 bits per heavy atom. The van der Waals surface area contributed by atoms with E-state index in [1.807, 2.05) is 44.2 Å². The third-order valence-corrected chi connectivity index (χ3v) is 5.72. The molecule has 0 saturated carbocycles. The molecular weight excluding hydrogens is 410 g/mol. The smallest absolute Gasteiger partial charge is 0.326 e. The average molecular weight is 432 g/mol. The highest BCUT2D eigenvalue weighted by molar-refractivity contribution is 8.26. The third kappa shape index (κ3) is 4.71. The number of thiocarbonyl (C=S) groups is 1. The topological polar surface area (TPSA) is 80.0 Å². The molecule has 0 spiro atoms. The summed E-state index contributed by atoms with van der Waals surface area (Å²) < 4.78 is 11.2. The molecule has 1 aliphatic heterocycles. The van der Waals surface area contributed by atoms with Crippen molar-refractivity contribution in [2.75, 3.05) is 7.11 Å². The van der Waals surface area contributed by atoms with Crippen LogP contribution in [-0.4, -0.2) is 39.4 Å². The normalized spacial score (nSPS) is 16.7. The van der Waals surface area contributed by atoms with Crippen molar-refractivity contribution in [3.05, 3.63) is 47.1 Å². The fourth-order valence-electron chi connectivity index (χ4n) is 2.98. The van der Waals surface area contributed by atoms with Crippen LogP contribution in [0.4, 0.5) is 0 Å². The lowest BCUT2D eigenvalue weighted by Gasteiger charge is -2.24. The van der Waals surface area contributed by atoms with Gasteiger partial charge in [-0.05, 0) is 48.7 Å². The van der Waals surface area contributed by atoms with Crippen molar-refractivity contribution >= 4 is 46.3 Å². The van der Waals surface area contributed by atoms with Gasteiger partial charge in [-0.15, -0.1) is 0 Å². The molecule has 1 aromatic carbocycles. The number of hydrogen-bond donors (Lipinski definition) is 1. The van der Waals surface area contributed by atoms with Gasteiger partial charge in [-0.1, -0.05) is 37.8 Å². The molecule has 0 bridgehead atoms. The lowest BCUT2D eigenvalue weighted by molar-refractivity contribution is -0.145. The Morgan fingerprint density at radius 1 is 1.28 bits per heavy atom. The summed E-state index contributed by atoms with van der Waals surface area (Å²) in [5.74, 6) is 0.539. The van der Waals surface area contributed by atoms with E-state index in [1.54, 1.807) is 19.3 Å². The highest BCUT2D eigenvalue weighted by Crippen LogP contribution is 2.36. The van der Waals surface area contributed by atoms with Gasteiger partial charge in [0, 0.05) is 11.6 Å². The van der Waals surface area contributed by atoms with Crippen LogP contribution in [0.3, 0.4) is 0 Å². The van der Waals surface area contributed by atoms with Crippen molar-refractivity contribution in [3.63, 3.8) is 0 Å². The quantitative estimate of drug-likeness (QED) is 0.505. The minimum absolute atomic E-state index is 0.113. The summed E-state index contributed by atoms with van der Waals surface area (Å²) in [4.78, 5) is 26.0. The number of carboxylic acid groups (broad SMARTS) is 1. The number of methoxy groups -OCH3 is 1. The van der Waals surface area contributed by atoms with Crippen molar-refractivity contribution < 1.29 is 23.8 Å². The zero-order chi connectivity index (χ0) is 21.1. The number of amides is 1. The second-order valence-electron chi connectivity index (χ2n) is 6.97. The maximum absolute atomic E-state index is 12.8. The monoisotopic (exact) mass is 431 g/mol. The van der Waals surface area contributed by atoms with Gasteiger partial charge in [0.1, 0.15) is 27.6 Å². The number of thioether (sulfide) groups is 1. The molecule has 1 atom stereocenters. The van der Waals surface area contributed by atoms with Gasteiger partial charge >= 0.3 is 5.97 Å². The molecule has 1 aromatic heterocycles. The van der Waals surface area contributed by atoms with Gasteiger partial charge in [-0.3, -0.25) is 9.69 Å². The summed E-state index contributed by atoms with van der Waals surface area (Å²) in [5.41, 5.74) is 0.876. The van der Waals surface area contributed by atoms with Crippen LogP contribution in [0, 0.1) is 5.92 Å². The molecule has 1 aliphatic rings. The maximum atomic E-state index is 12.8. The van der Waals surface area contributed by atoms with E-state index in [-0.39, 0.29) is 10.2 Å². The summed E-state index contributed by atoms with van der Waals surface area (Å²) >= 11 is 6.37. The van der Waals surface area contributed by atoms with Crippen LogP contribution < -0.4 is 4.74 Å².